The van der Waals surface area contributed by atoms with Gasteiger partial charge in [0.25, 0.3) is 0 Å². The first-order chi connectivity index (χ1) is 21.8. The summed E-state index contributed by atoms with van der Waals surface area (Å²) in [5.41, 5.74) is -3.98. The maximum atomic E-state index is 11.7. The Hall–Kier alpha value is -4.19. The fourth-order valence-electron chi connectivity index (χ4n) is 2.71. The number of hydrogen-bond donors (Lipinski definition) is 5. The van der Waals surface area contributed by atoms with E-state index in [2.05, 4.69) is 32.9 Å². The summed E-state index contributed by atoms with van der Waals surface area (Å²) in [7, 11) is 0. The van der Waals surface area contributed by atoms with Crippen molar-refractivity contribution in [2.45, 2.75) is 0 Å². The highest BCUT2D eigenvalue weighted by Crippen LogP contribution is 2.25. The normalized spacial score (nSPS) is 11.0. The number of ether oxygens (including phenoxy) is 6. The Morgan fingerprint density at radius 3 is 0.804 bits per heavy atom. The molecule has 16 heteroatoms. The molecular formula is C30H44O16. The molecule has 0 aliphatic carbocycles. The zero-order valence-electron chi connectivity index (χ0n) is 25.6. The van der Waals surface area contributed by atoms with E-state index in [0.717, 1.165) is 30.4 Å². The van der Waals surface area contributed by atoms with Crippen molar-refractivity contribution >= 4 is 29.8 Å². The van der Waals surface area contributed by atoms with E-state index in [0.29, 0.717) is 0 Å². The van der Waals surface area contributed by atoms with Gasteiger partial charge in [0, 0.05) is 30.4 Å². The average molecular weight is 661 g/mol. The van der Waals surface area contributed by atoms with Crippen LogP contribution in [0.5, 0.6) is 0 Å². The van der Waals surface area contributed by atoms with Gasteiger partial charge in [-0.25, -0.2) is 24.0 Å². The van der Waals surface area contributed by atoms with E-state index < -0.39 is 112 Å². The molecule has 5 N–H and O–H groups in total. The first kappa shape index (κ1) is 43.9. The third kappa shape index (κ3) is 17.3. The first-order valence-electron chi connectivity index (χ1n) is 13.4. The Balaban J connectivity index is 0. The number of hydrogen-bond acceptors (Lipinski definition) is 16. The van der Waals surface area contributed by atoms with Crippen LogP contribution in [0.25, 0.3) is 0 Å². The van der Waals surface area contributed by atoms with E-state index in [9.17, 15) is 29.1 Å². The lowest BCUT2D eigenvalue weighted by molar-refractivity contribution is -0.166. The summed E-state index contributed by atoms with van der Waals surface area (Å²) in [6.07, 6.45) is 4.50. The largest absolute Gasteiger partial charge is 0.462 e. The minimum atomic E-state index is -1.44. The third-order valence-electron chi connectivity index (χ3n) is 5.93. The van der Waals surface area contributed by atoms with Crippen LogP contribution in [0, 0.1) is 16.2 Å². The fourth-order valence-corrected chi connectivity index (χ4v) is 2.71. The van der Waals surface area contributed by atoms with Gasteiger partial charge in [0.2, 0.25) is 0 Å². The van der Waals surface area contributed by atoms with Crippen molar-refractivity contribution in [3.8, 4) is 0 Å². The van der Waals surface area contributed by atoms with E-state index in [-0.39, 0.29) is 13.2 Å². The van der Waals surface area contributed by atoms with Gasteiger partial charge in [0.15, 0.2) is 0 Å². The van der Waals surface area contributed by atoms with Gasteiger partial charge >= 0.3 is 29.8 Å². The smallest absolute Gasteiger partial charge is 0.330 e. The second kappa shape index (κ2) is 24.1. The summed E-state index contributed by atoms with van der Waals surface area (Å²) in [5.74, 6) is -4.04. The molecule has 0 amide bonds. The molecule has 46 heavy (non-hydrogen) atoms. The van der Waals surface area contributed by atoms with Crippen LogP contribution in [0.4, 0.5) is 0 Å². The molecule has 0 atom stereocenters. The highest BCUT2D eigenvalue weighted by atomic mass is 16.6. The van der Waals surface area contributed by atoms with E-state index in [1.54, 1.807) is 0 Å². The Morgan fingerprint density at radius 1 is 0.391 bits per heavy atom. The molecule has 0 spiro atoms. The molecule has 0 aromatic carbocycles. The van der Waals surface area contributed by atoms with Crippen molar-refractivity contribution in [1.82, 2.24) is 0 Å². The van der Waals surface area contributed by atoms with Gasteiger partial charge in [-0.05, 0) is 0 Å². The lowest BCUT2D eigenvalue weighted by atomic mass is 9.90. The molecule has 0 heterocycles. The van der Waals surface area contributed by atoms with Gasteiger partial charge in [0.1, 0.15) is 33.0 Å². The topological polar surface area (TPSA) is 242 Å². The second-order valence-electron chi connectivity index (χ2n) is 9.84. The molecule has 0 saturated heterocycles. The second-order valence-corrected chi connectivity index (χ2v) is 9.84. The van der Waals surface area contributed by atoms with Crippen molar-refractivity contribution in [1.29, 1.82) is 0 Å². The first-order valence-corrected chi connectivity index (χ1v) is 13.4. The van der Waals surface area contributed by atoms with E-state index in [4.69, 9.17) is 48.8 Å². The maximum Gasteiger partial charge on any atom is 0.330 e. The van der Waals surface area contributed by atoms with Crippen LogP contribution in [-0.2, 0) is 52.4 Å². The van der Waals surface area contributed by atoms with E-state index >= 15 is 0 Å². The number of esters is 5. The average Bonchev–Trinajstić information content (AvgIpc) is 3.10. The van der Waals surface area contributed by atoms with E-state index in [1.807, 2.05) is 0 Å². The summed E-state index contributed by atoms with van der Waals surface area (Å²) in [6, 6.07) is 0. The summed E-state index contributed by atoms with van der Waals surface area (Å²) in [4.78, 5) is 58.3. The van der Waals surface area contributed by atoms with Gasteiger partial charge in [0.05, 0.1) is 62.5 Å². The molecule has 0 fully saturated rings. The van der Waals surface area contributed by atoms with Crippen molar-refractivity contribution in [2.24, 2.45) is 16.2 Å². The van der Waals surface area contributed by atoms with Crippen LogP contribution in [0.2, 0.25) is 0 Å². The van der Waals surface area contributed by atoms with Crippen LogP contribution in [0.1, 0.15) is 0 Å². The molecule has 0 saturated carbocycles. The molecule has 260 valence electrons. The van der Waals surface area contributed by atoms with Crippen LogP contribution < -0.4 is 0 Å². The minimum absolute atomic E-state index is 0.375. The molecule has 16 nitrogen and oxygen atoms in total. The van der Waals surface area contributed by atoms with Crippen molar-refractivity contribution in [3.05, 3.63) is 63.3 Å². The van der Waals surface area contributed by atoms with Crippen LogP contribution in [0.15, 0.2) is 63.3 Å². The minimum Gasteiger partial charge on any atom is -0.462 e. The standard InChI is InChI=1S/C25H32O12.C5H12O4/c1-6-19(27)33-14-24(11-26,15-34-20(28)7-2)12-32-13-25(16-35-21(29)8-3,17-36-22(30)9-4)18-37-23(31)10-5;6-1-5(2-7,3-8)4-9/h6-10,26H,1-5,11-18H2;6-9H,1-4H2. The molecule has 0 aliphatic rings. The zero-order valence-corrected chi connectivity index (χ0v) is 25.6. The number of carbonyl (C=O) groups excluding carboxylic acids is 5. The highest BCUT2D eigenvalue weighted by Gasteiger charge is 2.39. The lowest BCUT2D eigenvalue weighted by Gasteiger charge is -2.34. The number of rotatable bonds is 24. The van der Waals surface area contributed by atoms with Crippen molar-refractivity contribution in [2.75, 3.05) is 79.3 Å². The van der Waals surface area contributed by atoms with Gasteiger partial charge in [-0.1, -0.05) is 32.9 Å². The number of aliphatic hydroxyl groups is 5. The van der Waals surface area contributed by atoms with Crippen molar-refractivity contribution < 1.29 is 77.9 Å². The number of aliphatic hydroxyl groups excluding tert-OH is 5. The molecule has 0 unspecified atom stereocenters. The molecule has 0 aromatic rings. The molecule has 0 radical (unpaired) electrons. The Bertz CT molecular complexity index is 929. The van der Waals surface area contributed by atoms with E-state index in [1.165, 1.54) is 0 Å². The predicted octanol–water partition coefficient (Wildman–Crippen LogP) is -1.44. The number of carbonyl (C=O) groups is 5. The SMILES string of the molecule is C=CC(=O)OCC(CO)(COCC(COC(=O)C=C)(COC(=O)C=C)COC(=O)C=C)COC(=O)C=C.OCC(CO)(CO)CO. The van der Waals surface area contributed by atoms with Gasteiger partial charge < -0.3 is 54.0 Å². The predicted molar refractivity (Wildman–Crippen MR) is 159 cm³/mol. The fraction of sp³-hybridized carbons (Fsp3) is 0.500. The molecule has 0 aliphatic heterocycles. The molecule has 0 rings (SSSR count). The molecule has 0 bridgehead atoms. The highest BCUT2D eigenvalue weighted by molar-refractivity contribution is 5.82. The zero-order chi connectivity index (χ0) is 35.7. The van der Waals surface area contributed by atoms with Crippen LogP contribution in [-0.4, -0.2) is 135 Å². The lowest BCUT2D eigenvalue weighted by Crippen LogP contribution is -2.46. The summed E-state index contributed by atoms with van der Waals surface area (Å²) >= 11 is 0. The van der Waals surface area contributed by atoms with Gasteiger partial charge in [-0.3, -0.25) is 0 Å². The van der Waals surface area contributed by atoms with Crippen molar-refractivity contribution in [3.63, 3.8) is 0 Å². The molecule has 0 aromatic heterocycles. The van der Waals surface area contributed by atoms with Crippen LogP contribution >= 0.6 is 0 Å². The van der Waals surface area contributed by atoms with Gasteiger partial charge in [-0.15, -0.1) is 0 Å². The van der Waals surface area contributed by atoms with Gasteiger partial charge in [-0.2, -0.15) is 0 Å². The Kier molecular flexibility index (Phi) is 23.0. The quantitative estimate of drug-likeness (QED) is 0.0452. The summed E-state index contributed by atoms with van der Waals surface area (Å²) < 4.78 is 31.1. The van der Waals surface area contributed by atoms with Crippen LogP contribution in [0.3, 0.4) is 0 Å². The third-order valence-corrected chi connectivity index (χ3v) is 5.93. The summed E-state index contributed by atoms with van der Waals surface area (Å²) in [6.45, 7) is 11.2. The maximum absolute atomic E-state index is 11.7. The summed E-state index contributed by atoms with van der Waals surface area (Å²) in [5, 5.41) is 44.0. The Labute approximate surface area is 266 Å². The monoisotopic (exact) mass is 660 g/mol. The molecular weight excluding hydrogens is 616 g/mol. The Morgan fingerprint density at radius 2 is 0.609 bits per heavy atom.